The van der Waals surface area contributed by atoms with Crippen LogP contribution in [-0.2, 0) is 4.79 Å². The number of carbonyl (C=O) groups excluding carboxylic acids is 1. The highest BCUT2D eigenvalue weighted by Gasteiger charge is 2.11. The van der Waals surface area contributed by atoms with Crippen LogP contribution in [-0.4, -0.2) is 11.3 Å². The molecule has 5 heteroatoms. The Hall–Kier alpha value is -2.98. The molecular formula is C21H17ClO4. The Kier molecular flexibility index (Phi) is 5.77. The van der Waals surface area contributed by atoms with Crippen molar-refractivity contribution in [1.82, 2.24) is 0 Å². The van der Waals surface area contributed by atoms with Gasteiger partial charge >= 0.3 is 0 Å². The van der Waals surface area contributed by atoms with Crippen molar-refractivity contribution in [2.75, 3.05) is 0 Å². The molecule has 0 saturated carbocycles. The maximum atomic E-state index is 11.0. The lowest BCUT2D eigenvalue weighted by atomic mass is 10.3. The first-order valence-corrected chi connectivity index (χ1v) is 8.45. The fraction of sp³-hybridized carbons (Fsp3) is 0.0952. The number of benzene rings is 3. The average Bonchev–Trinajstić information content (AvgIpc) is 2.66. The lowest BCUT2D eigenvalue weighted by Gasteiger charge is -2.11. The minimum atomic E-state index is -0.694. The van der Waals surface area contributed by atoms with E-state index in [1.54, 1.807) is 31.2 Å². The molecule has 0 spiro atoms. The molecule has 0 saturated heterocycles. The molecule has 0 fully saturated rings. The second-order valence-corrected chi connectivity index (χ2v) is 5.90. The molecule has 0 aliphatic carbocycles. The van der Waals surface area contributed by atoms with E-state index in [4.69, 9.17) is 25.8 Å². The van der Waals surface area contributed by atoms with Crippen LogP contribution >= 0.6 is 11.6 Å². The lowest BCUT2D eigenvalue weighted by molar-refractivity contribution is -0.117. The second kappa shape index (κ2) is 8.41. The van der Waals surface area contributed by atoms with Crippen LogP contribution < -0.4 is 14.2 Å². The molecule has 0 heterocycles. The summed E-state index contributed by atoms with van der Waals surface area (Å²) in [6.45, 7) is 1.60. The van der Waals surface area contributed by atoms with Gasteiger partial charge in [0.1, 0.15) is 28.7 Å². The highest BCUT2D eigenvalue weighted by Crippen LogP contribution is 2.27. The number of halogens is 1. The zero-order valence-corrected chi connectivity index (χ0v) is 14.8. The molecule has 132 valence electrons. The first-order chi connectivity index (χ1) is 12.6. The summed E-state index contributed by atoms with van der Waals surface area (Å²) in [6.07, 6.45) is -0.694. The van der Waals surface area contributed by atoms with E-state index >= 15 is 0 Å². The van der Waals surface area contributed by atoms with Crippen molar-refractivity contribution in [3.8, 4) is 28.7 Å². The smallest absolute Gasteiger partial charge is 0.262 e. The molecule has 3 aromatic rings. The van der Waals surface area contributed by atoms with E-state index in [0.717, 1.165) is 11.5 Å². The van der Waals surface area contributed by atoms with Crippen LogP contribution in [0.4, 0.5) is 0 Å². The van der Waals surface area contributed by atoms with E-state index in [1.165, 1.54) is 0 Å². The third-order valence-corrected chi connectivity index (χ3v) is 3.80. The quantitative estimate of drug-likeness (QED) is 0.494. The monoisotopic (exact) mass is 368 g/mol. The first-order valence-electron chi connectivity index (χ1n) is 8.07. The Morgan fingerprint density at radius 3 is 1.50 bits per heavy atom. The Balaban J connectivity index is 1.59. The Bertz CT molecular complexity index is 845. The van der Waals surface area contributed by atoms with Crippen LogP contribution in [0.5, 0.6) is 28.7 Å². The minimum absolute atomic E-state index is 0.539. The van der Waals surface area contributed by atoms with Crippen LogP contribution in [0.15, 0.2) is 78.9 Å². The van der Waals surface area contributed by atoms with Gasteiger partial charge in [0.25, 0.3) is 5.24 Å². The largest absolute Gasteiger partial charge is 0.482 e. The third kappa shape index (κ3) is 5.01. The van der Waals surface area contributed by atoms with Gasteiger partial charge in [0.05, 0.1) is 0 Å². The second-order valence-electron chi connectivity index (χ2n) is 5.52. The molecule has 26 heavy (non-hydrogen) atoms. The van der Waals surface area contributed by atoms with Gasteiger partial charge < -0.3 is 14.2 Å². The molecule has 0 aromatic heterocycles. The fourth-order valence-electron chi connectivity index (χ4n) is 2.17. The number of hydrogen-bond donors (Lipinski definition) is 0. The van der Waals surface area contributed by atoms with Gasteiger partial charge in [0, 0.05) is 0 Å². The molecule has 0 bridgehead atoms. The van der Waals surface area contributed by atoms with Gasteiger partial charge in [-0.25, -0.2) is 0 Å². The minimum Gasteiger partial charge on any atom is -0.482 e. The van der Waals surface area contributed by atoms with Crippen LogP contribution in [0.25, 0.3) is 0 Å². The summed E-state index contributed by atoms with van der Waals surface area (Å²) < 4.78 is 16.9. The number of ether oxygens (including phenoxy) is 3. The van der Waals surface area contributed by atoms with Crippen molar-refractivity contribution in [1.29, 1.82) is 0 Å². The fourth-order valence-corrected chi connectivity index (χ4v) is 2.22. The highest BCUT2D eigenvalue weighted by atomic mass is 35.5. The zero-order chi connectivity index (χ0) is 18.4. The standard InChI is InChI=1S/C21H17ClO4/c1-15(21(22)23)24-17-7-9-19(10-8-17)26-20-13-11-18(12-14-20)25-16-5-3-2-4-6-16/h2-15H,1H3. The molecular weight excluding hydrogens is 352 g/mol. The van der Waals surface area contributed by atoms with Gasteiger partial charge in [0.2, 0.25) is 0 Å². The van der Waals surface area contributed by atoms with E-state index < -0.39 is 11.3 Å². The maximum Gasteiger partial charge on any atom is 0.262 e. The molecule has 3 rings (SSSR count). The predicted molar refractivity (Wildman–Crippen MR) is 100 cm³/mol. The average molecular weight is 369 g/mol. The van der Waals surface area contributed by atoms with Crippen molar-refractivity contribution in [3.05, 3.63) is 78.9 Å². The topological polar surface area (TPSA) is 44.8 Å². The first kappa shape index (κ1) is 17.8. The molecule has 0 aliphatic rings. The predicted octanol–water partition coefficient (Wildman–Crippen LogP) is 5.80. The summed E-state index contributed by atoms with van der Waals surface area (Å²) in [6, 6.07) is 23.9. The van der Waals surface area contributed by atoms with E-state index in [1.807, 2.05) is 54.6 Å². The Morgan fingerprint density at radius 2 is 1.08 bits per heavy atom. The summed E-state index contributed by atoms with van der Waals surface area (Å²) in [4.78, 5) is 11.0. The SMILES string of the molecule is CC(Oc1ccc(Oc2ccc(Oc3ccccc3)cc2)cc1)C(=O)Cl. The van der Waals surface area contributed by atoms with Gasteiger partial charge in [-0.15, -0.1) is 0 Å². The van der Waals surface area contributed by atoms with Crippen molar-refractivity contribution in [2.24, 2.45) is 0 Å². The molecule has 4 nitrogen and oxygen atoms in total. The molecule has 0 radical (unpaired) electrons. The Labute approximate surface area is 156 Å². The molecule has 0 N–H and O–H groups in total. The number of rotatable bonds is 7. The third-order valence-electron chi connectivity index (χ3n) is 3.49. The highest BCUT2D eigenvalue weighted by molar-refractivity contribution is 6.64. The van der Waals surface area contributed by atoms with Gasteiger partial charge in [-0.1, -0.05) is 18.2 Å². The summed E-state index contributed by atoms with van der Waals surface area (Å²) in [5.41, 5.74) is 0. The molecule has 0 amide bonds. The normalized spacial score (nSPS) is 11.5. The van der Waals surface area contributed by atoms with Crippen molar-refractivity contribution >= 4 is 16.8 Å². The van der Waals surface area contributed by atoms with Crippen LogP contribution in [0, 0.1) is 0 Å². The van der Waals surface area contributed by atoms with Crippen molar-refractivity contribution in [2.45, 2.75) is 13.0 Å². The number of para-hydroxylation sites is 1. The van der Waals surface area contributed by atoms with Gasteiger partial charge in [-0.05, 0) is 79.2 Å². The maximum absolute atomic E-state index is 11.0. The summed E-state index contributed by atoms with van der Waals surface area (Å²) in [7, 11) is 0. The van der Waals surface area contributed by atoms with E-state index in [-0.39, 0.29) is 0 Å². The molecule has 0 aliphatic heterocycles. The molecule has 1 atom stereocenters. The van der Waals surface area contributed by atoms with Crippen LogP contribution in [0.1, 0.15) is 6.92 Å². The summed E-state index contributed by atoms with van der Waals surface area (Å²) >= 11 is 5.38. The van der Waals surface area contributed by atoms with Gasteiger partial charge in [0.15, 0.2) is 6.10 Å². The Morgan fingerprint density at radius 1 is 0.692 bits per heavy atom. The number of hydrogen-bond acceptors (Lipinski definition) is 4. The molecule has 3 aromatic carbocycles. The van der Waals surface area contributed by atoms with Crippen LogP contribution in [0.2, 0.25) is 0 Å². The lowest BCUT2D eigenvalue weighted by Crippen LogP contribution is -2.18. The zero-order valence-electron chi connectivity index (χ0n) is 14.1. The summed E-state index contributed by atoms with van der Waals surface area (Å²) in [5, 5.41) is -0.539. The van der Waals surface area contributed by atoms with E-state index in [0.29, 0.717) is 17.2 Å². The van der Waals surface area contributed by atoms with Gasteiger partial charge in [-0.3, -0.25) is 4.79 Å². The van der Waals surface area contributed by atoms with Crippen molar-refractivity contribution < 1.29 is 19.0 Å². The summed E-state index contributed by atoms with van der Waals surface area (Å²) in [5.74, 6) is 3.39. The van der Waals surface area contributed by atoms with Crippen molar-refractivity contribution in [3.63, 3.8) is 0 Å². The number of carbonyl (C=O) groups is 1. The van der Waals surface area contributed by atoms with Gasteiger partial charge in [-0.2, -0.15) is 0 Å². The molecule has 1 unspecified atom stereocenters. The van der Waals surface area contributed by atoms with E-state index in [9.17, 15) is 4.79 Å². The van der Waals surface area contributed by atoms with E-state index in [2.05, 4.69) is 0 Å². The van der Waals surface area contributed by atoms with Crippen LogP contribution in [0.3, 0.4) is 0 Å².